The van der Waals surface area contributed by atoms with Crippen LogP contribution in [-0.2, 0) is 33.3 Å². The summed E-state index contributed by atoms with van der Waals surface area (Å²) in [5, 5.41) is 3.29. The van der Waals surface area contributed by atoms with Gasteiger partial charge in [0.15, 0.2) is 11.2 Å². The minimum atomic E-state index is -3.76. The Morgan fingerprint density at radius 3 is 2.69 bits per heavy atom. The quantitative estimate of drug-likeness (QED) is 0.817. The molecular weight excluding hydrogens is 355 g/mol. The largest absolute Gasteiger partial charge is 0.367 e. The molecule has 7 heteroatoms. The molecule has 0 aliphatic carbocycles. The summed E-state index contributed by atoms with van der Waals surface area (Å²) in [7, 11) is -2.10. The molecule has 3 aliphatic heterocycles. The van der Waals surface area contributed by atoms with Crippen molar-refractivity contribution in [1.82, 2.24) is 9.21 Å². The number of sulfonamides is 1. The van der Waals surface area contributed by atoms with Crippen LogP contribution in [0.15, 0.2) is 41.3 Å². The number of halogens is 1. The zero-order valence-electron chi connectivity index (χ0n) is 14.5. The Hall–Kier alpha value is -1.80. The summed E-state index contributed by atoms with van der Waals surface area (Å²) in [6, 6.07) is 9.78. The van der Waals surface area contributed by atoms with Gasteiger partial charge in [0.2, 0.25) is 0 Å². The van der Waals surface area contributed by atoms with E-state index in [1.807, 2.05) is 6.07 Å². The first kappa shape index (κ1) is 16.4. The van der Waals surface area contributed by atoms with E-state index in [0.29, 0.717) is 23.8 Å². The van der Waals surface area contributed by atoms with Crippen LogP contribution in [0.1, 0.15) is 16.7 Å². The molecule has 1 fully saturated rings. The monoisotopic (exact) mass is 375 g/mol. The summed E-state index contributed by atoms with van der Waals surface area (Å²) in [5.74, 6) is -0.421. The number of ether oxygens (including phenoxy) is 1. The molecule has 0 radical (unpaired) electrons. The number of benzene rings is 2. The third-order valence-corrected chi connectivity index (χ3v) is 8.62. The number of nitrogens with one attached hydrogen (secondary N) is 1. The van der Waals surface area contributed by atoms with Gasteiger partial charge in [-0.3, -0.25) is 0 Å². The van der Waals surface area contributed by atoms with Crippen LogP contribution in [0.3, 0.4) is 0 Å². The van der Waals surface area contributed by atoms with Gasteiger partial charge in [0.25, 0.3) is 0 Å². The van der Waals surface area contributed by atoms with E-state index < -0.39 is 21.4 Å². The number of hydrogen-bond acceptors (Lipinski definition) is 4. The van der Waals surface area contributed by atoms with E-state index in [-0.39, 0.29) is 3.89 Å². The molecule has 5 rings (SSSR count). The first-order valence-electron chi connectivity index (χ1n) is 8.73. The van der Waals surface area contributed by atoms with Crippen molar-refractivity contribution >= 4 is 15.7 Å². The summed E-state index contributed by atoms with van der Waals surface area (Å²) >= 11 is 0. The normalized spacial score (nSPS) is 25.8. The number of likely N-dealkylation sites (N-methyl/N-ethyl adjacent to an activating group) is 1. The molecule has 3 heterocycles. The highest BCUT2D eigenvalue weighted by atomic mass is 32.2. The molecule has 5 nitrogen and oxygen atoms in total. The fourth-order valence-electron chi connectivity index (χ4n) is 4.54. The van der Waals surface area contributed by atoms with E-state index >= 15 is 0 Å². The van der Waals surface area contributed by atoms with Crippen LogP contribution in [0.25, 0.3) is 0 Å². The minimum absolute atomic E-state index is 0.293. The molecule has 1 spiro atoms. The van der Waals surface area contributed by atoms with Crippen molar-refractivity contribution in [2.45, 2.75) is 23.4 Å². The van der Waals surface area contributed by atoms with Crippen LogP contribution in [0.5, 0.6) is 0 Å². The highest BCUT2D eigenvalue weighted by Crippen LogP contribution is 2.59. The Balaban J connectivity index is 1.68. The van der Waals surface area contributed by atoms with Gasteiger partial charge in [-0.2, -0.15) is 12.3 Å². The second-order valence-corrected chi connectivity index (χ2v) is 9.59. The van der Waals surface area contributed by atoms with E-state index in [0.717, 1.165) is 36.2 Å². The van der Waals surface area contributed by atoms with Gasteiger partial charge in [-0.25, -0.2) is 4.39 Å². The molecule has 1 saturated heterocycles. The van der Waals surface area contributed by atoms with Crippen molar-refractivity contribution < 1.29 is 17.5 Å². The van der Waals surface area contributed by atoms with Gasteiger partial charge < -0.3 is 10.1 Å². The van der Waals surface area contributed by atoms with Crippen molar-refractivity contribution in [2.75, 3.05) is 26.8 Å². The van der Waals surface area contributed by atoms with Crippen LogP contribution >= 0.6 is 0 Å². The minimum Gasteiger partial charge on any atom is -0.367 e. The Labute approximate surface area is 152 Å². The van der Waals surface area contributed by atoms with Crippen molar-refractivity contribution in [3.63, 3.8) is 0 Å². The lowest BCUT2D eigenvalue weighted by atomic mass is 9.77. The zero-order chi connectivity index (χ0) is 18.2. The molecular formula is C19H20FN2O3S+. The lowest BCUT2D eigenvalue weighted by Crippen LogP contribution is -2.78. The Morgan fingerprint density at radius 1 is 1.15 bits per heavy atom. The third-order valence-electron chi connectivity index (χ3n) is 6.26. The van der Waals surface area contributed by atoms with E-state index in [1.165, 1.54) is 12.1 Å². The highest BCUT2D eigenvalue weighted by molar-refractivity contribution is 7.91. The molecule has 2 aromatic rings. The van der Waals surface area contributed by atoms with Crippen LogP contribution in [0.4, 0.5) is 10.1 Å². The standard InChI is InChI=1S/C19H20FN2O3S/c1-22(18-9-15(20)3-5-17(18)19(22)11-25-12-19)26(23,24)16-4-2-14-10-21-7-6-13(14)8-16/h2-5,8-9,21H,6-7,10-12H2,1H3/q+1. The summed E-state index contributed by atoms with van der Waals surface area (Å²) in [6.45, 7) is 2.26. The third kappa shape index (κ3) is 1.76. The van der Waals surface area contributed by atoms with Crippen molar-refractivity contribution in [1.29, 1.82) is 0 Å². The van der Waals surface area contributed by atoms with E-state index in [2.05, 4.69) is 5.32 Å². The molecule has 1 atom stereocenters. The van der Waals surface area contributed by atoms with Gasteiger partial charge >= 0.3 is 10.0 Å². The van der Waals surface area contributed by atoms with Gasteiger partial charge in [-0.05, 0) is 48.4 Å². The maximum atomic E-state index is 13.9. The number of fused-ring (bicyclic) bond motifs is 3. The lowest BCUT2D eigenvalue weighted by Gasteiger charge is -2.60. The summed E-state index contributed by atoms with van der Waals surface area (Å²) < 4.78 is 46.3. The molecule has 0 bridgehead atoms. The number of hydrogen-bond donors (Lipinski definition) is 1. The van der Waals surface area contributed by atoms with Gasteiger partial charge in [-0.15, -0.1) is 0 Å². The summed E-state index contributed by atoms with van der Waals surface area (Å²) in [4.78, 5) is 0.293. The Bertz CT molecular complexity index is 1030. The summed E-state index contributed by atoms with van der Waals surface area (Å²) in [6.07, 6.45) is 0.807. The van der Waals surface area contributed by atoms with Crippen LogP contribution in [0, 0.1) is 5.82 Å². The van der Waals surface area contributed by atoms with Crippen molar-refractivity contribution in [2.24, 2.45) is 0 Å². The smallest absolute Gasteiger partial charge is 0.332 e. The number of nitrogens with zero attached hydrogens (tertiary/aromatic N) is 1. The summed E-state index contributed by atoms with van der Waals surface area (Å²) in [5.41, 5.74) is 2.94. The highest BCUT2D eigenvalue weighted by Gasteiger charge is 2.73. The molecule has 0 saturated carbocycles. The van der Waals surface area contributed by atoms with Crippen LogP contribution in [-0.4, -0.2) is 35.2 Å². The van der Waals surface area contributed by atoms with E-state index in [1.54, 1.807) is 25.2 Å². The molecule has 0 aromatic heterocycles. The Morgan fingerprint density at radius 2 is 1.96 bits per heavy atom. The topological polar surface area (TPSA) is 55.4 Å². The first-order chi connectivity index (χ1) is 12.4. The van der Waals surface area contributed by atoms with Crippen LogP contribution < -0.4 is 9.21 Å². The molecule has 1 unspecified atom stereocenters. The predicted octanol–water partition coefficient (Wildman–Crippen LogP) is 2.04. The SMILES string of the molecule is C[N+]1(S(=O)(=O)c2ccc3c(c2)CCNC3)c2cc(F)ccc2C12COC2. The van der Waals surface area contributed by atoms with Gasteiger partial charge in [-0.1, -0.05) is 6.07 Å². The average molecular weight is 375 g/mol. The van der Waals surface area contributed by atoms with Gasteiger partial charge in [0, 0.05) is 12.6 Å². The van der Waals surface area contributed by atoms with E-state index in [4.69, 9.17) is 4.74 Å². The molecule has 2 aromatic carbocycles. The van der Waals surface area contributed by atoms with Crippen LogP contribution in [0.2, 0.25) is 0 Å². The second kappa shape index (κ2) is 5.13. The Kier molecular flexibility index (Phi) is 3.23. The average Bonchev–Trinajstić information content (AvgIpc) is 2.60. The van der Waals surface area contributed by atoms with Gasteiger partial charge in [0.1, 0.15) is 23.9 Å². The van der Waals surface area contributed by atoms with E-state index in [9.17, 15) is 12.8 Å². The maximum Gasteiger partial charge on any atom is 0.332 e. The van der Waals surface area contributed by atoms with Crippen molar-refractivity contribution in [3.8, 4) is 0 Å². The molecule has 1 N–H and O–H groups in total. The molecule has 26 heavy (non-hydrogen) atoms. The number of quaternary nitrogens is 1. The van der Waals surface area contributed by atoms with Gasteiger partial charge in [0.05, 0.1) is 12.6 Å². The lowest BCUT2D eigenvalue weighted by molar-refractivity contribution is -0.124. The second-order valence-electron chi connectivity index (χ2n) is 7.44. The van der Waals surface area contributed by atoms with Crippen molar-refractivity contribution in [3.05, 3.63) is 58.9 Å². The first-order valence-corrected chi connectivity index (χ1v) is 10.2. The molecule has 136 valence electrons. The number of rotatable bonds is 2. The fourth-order valence-corrected chi connectivity index (χ4v) is 6.57. The molecule has 3 aliphatic rings. The zero-order valence-corrected chi connectivity index (χ0v) is 15.3. The fraction of sp³-hybridized carbons (Fsp3) is 0.368. The predicted molar refractivity (Wildman–Crippen MR) is 95.7 cm³/mol. The molecule has 0 amide bonds. The maximum absolute atomic E-state index is 13.9.